The number of benzene rings is 1. The average Bonchev–Trinajstić information content (AvgIpc) is 2.68. The highest BCUT2D eigenvalue weighted by Gasteiger charge is 2.27. The second-order valence-electron chi connectivity index (χ2n) is 6.25. The van der Waals surface area contributed by atoms with Gasteiger partial charge in [-0.3, -0.25) is 0 Å². The van der Waals surface area contributed by atoms with E-state index in [2.05, 4.69) is 15.2 Å². The zero-order chi connectivity index (χ0) is 19.4. The molecule has 0 aliphatic carbocycles. The maximum absolute atomic E-state index is 12.7. The number of piperazine rings is 1. The van der Waals surface area contributed by atoms with Crippen molar-refractivity contribution in [1.82, 2.24) is 14.2 Å². The largest absolute Gasteiger partial charge is 0.465 e. The first kappa shape index (κ1) is 19.3. The van der Waals surface area contributed by atoms with Crippen molar-refractivity contribution in [2.24, 2.45) is 0 Å². The Morgan fingerprint density at radius 1 is 1.11 bits per heavy atom. The maximum Gasteiger partial charge on any atom is 0.339 e. The first-order valence-corrected chi connectivity index (χ1v) is 9.95. The average molecular weight is 390 g/mol. The molecular weight excluding hydrogens is 368 g/mol. The molecule has 2 aromatic rings. The molecule has 0 amide bonds. The lowest BCUT2D eigenvalue weighted by Gasteiger charge is -2.31. The topological polar surface area (TPSA) is 91.8 Å². The molecule has 0 atom stereocenters. The van der Waals surface area contributed by atoms with E-state index >= 15 is 0 Å². The summed E-state index contributed by atoms with van der Waals surface area (Å²) in [6, 6.07) is 9.97. The van der Waals surface area contributed by atoms with Crippen LogP contribution in [0.5, 0.6) is 0 Å². The number of hydrogen-bond acceptors (Lipinski definition) is 7. The fraction of sp³-hybridized carbons (Fsp3) is 0.333. The SMILES string of the molecule is COC(=O)c1ccccc1Nc1ccc(S(=O)(=O)N2CCN(C)CC2)cn1. The number of aromatic nitrogens is 1. The van der Waals surface area contributed by atoms with Gasteiger partial charge < -0.3 is 15.0 Å². The molecule has 1 aromatic carbocycles. The van der Waals surface area contributed by atoms with Gasteiger partial charge >= 0.3 is 5.97 Å². The van der Waals surface area contributed by atoms with E-state index < -0.39 is 16.0 Å². The van der Waals surface area contributed by atoms with E-state index in [0.29, 0.717) is 43.2 Å². The van der Waals surface area contributed by atoms with Crippen molar-refractivity contribution in [1.29, 1.82) is 0 Å². The summed E-state index contributed by atoms with van der Waals surface area (Å²) >= 11 is 0. The van der Waals surface area contributed by atoms with Gasteiger partial charge in [0.2, 0.25) is 10.0 Å². The number of para-hydroxylation sites is 1. The van der Waals surface area contributed by atoms with E-state index in [1.54, 1.807) is 30.3 Å². The summed E-state index contributed by atoms with van der Waals surface area (Å²) in [5, 5.41) is 3.02. The van der Waals surface area contributed by atoms with Crippen molar-refractivity contribution in [3.05, 3.63) is 48.2 Å². The number of hydrogen-bond donors (Lipinski definition) is 1. The van der Waals surface area contributed by atoms with Crippen molar-refractivity contribution in [3.8, 4) is 0 Å². The van der Waals surface area contributed by atoms with Gasteiger partial charge in [0.25, 0.3) is 0 Å². The van der Waals surface area contributed by atoms with Crippen LogP contribution in [-0.4, -0.2) is 68.9 Å². The Bertz CT molecular complexity index is 907. The van der Waals surface area contributed by atoms with Crippen LogP contribution in [-0.2, 0) is 14.8 Å². The van der Waals surface area contributed by atoms with Crippen LogP contribution in [0.3, 0.4) is 0 Å². The number of nitrogens with zero attached hydrogens (tertiary/aromatic N) is 3. The number of carbonyl (C=O) groups excluding carboxylic acids is 1. The van der Waals surface area contributed by atoms with Gasteiger partial charge in [-0.2, -0.15) is 4.31 Å². The van der Waals surface area contributed by atoms with E-state index in [4.69, 9.17) is 4.74 Å². The van der Waals surface area contributed by atoms with E-state index in [9.17, 15) is 13.2 Å². The van der Waals surface area contributed by atoms with Crippen LogP contribution in [0, 0.1) is 0 Å². The van der Waals surface area contributed by atoms with Crippen molar-refractivity contribution in [2.45, 2.75) is 4.90 Å². The summed E-state index contributed by atoms with van der Waals surface area (Å²) < 4.78 is 31.7. The van der Waals surface area contributed by atoms with E-state index in [-0.39, 0.29) is 4.90 Å². The third-order valence-electron chi connectivity index (χ3n) is 4.43. The van der Waals surface area contributed by atoms with Crippen LogP contribution < -0.4 is 5.32 Å². The van der Waals surface area contributed by atoms with Gasteiger partial charge in [0.1, 0.15) is 10.7 Å². The third-order valence-corrected chi connectivity index (χ3v) is 6.31. The normalized spacial score (nSPS) is 16.1. The molecule has 0 radical (unpaired) electrons. The lowest BCUT2D eigenvalue weighted by Crippen LogP contribution is -2.47. The minimum Gasteiger partial charge on any atom is -0.465 e. The summed E-state index contributed by atoms with van der Waals surface area (Å²) in [4.78, 5) is 18.3. The summed E-state index contributed by atoms with van der Waals surface area (Å²) in [5.41, 5.74) is 0.905. The number of anilines is 2. The molecule has 1 aliphatic rings. The van der Waals surface area contributed by atoms with E-state index in [1.165, 1.54) is 23.7 Å². The number of rotatable bonds is 5. The number of nitrogens with one attached hydrogen (secondary N) is 1. The number of sulfonamides is 1. The molecule has 0 unspecified atom stereocenters. The smallest absolute Gasteiger partial charge is 0.339 e. The van der Waals surface area contributed by atoms with Gasteiger partial charge in [-0.05, 0) is 31.3 Å². The number of ether oxygens (including phenoxy) is 1. The minimum atomic E-state index is -3.56. The monoisotopic (exact) mass is 390 g/mol. The molecule has 1 N–H and O–H groups in total. The van der Waals surface area contributed by atoms with Crippen LogP contribution in [0.25, 0.3) is 0 Å². The molecule has 27 heavy (non-hydrogen) atoms. The fourth-order valence-electron chi connectivity index (χ4n) is 2.80. The van der Waals surface area contributed by atoms with Crippen molar-refractivity contribution >= 4 is 27.5 Å². The predicted molar refractivity (Wildman–Crippen MR) is 102 cm³/mol. The fourth-order valence-corrected chi connectivity index (χ4v) is 4.17. The Balaban J connectivity index is 1.77. The van der Waals surface area contributed by atoms with Gasteiger partial charge in [0.15, 0.2) is 0 Å². The van der Waals surface area contributed by atoms with E-state index in [1.807, 2.05) is 7.05 Å². The summed E-state index contributed by atoms with van der Waals surface area (Å²) in [6.45, 7) is 2.34. The molecule has 2 heterocycles. The van der Waals surface area contributed by atoms with Crippen LogP contribution >= 0.6 is 0 Å². The Morgan fingerprint density at radius 2 is 1.81 bits per heavy atom. The minimum absolute atomic E-state index is 0.152. The van der Waals surface area contributed by atoms with Crippen molar-refractivity contribution in [2.75, 3.05) is 45.7 Å². The highest BCUT2D eigenvalue weighted by molar-refractivity contribution is 7.89. The highest BCUT2D eigenvalue weighted by atomic mass is 32.2. The Kier molecular flexibility index (Phi) is 5.73. The number of methoxy groups -OCH3 is 1. The Labute approximate surface area is 158 Å². The predicted octanol–water partition coefficient (Wildman–Crippen LogP) is 1.55. The first-order chi connectivity index (χ1) is 12.9. The van der Waals surface area contributed by atoms with Crippen LogP contribution in [0.15, 0.2) is 47.5 Å². The van der Waals surface area contributed by atoms with Gasteiger partial charge in [0.05, 0.1) is 18.4 Å². The molecule has 3 rings (SSSR count). The molecule has 8 nitrogen and oxygen atoms in total. The molecule has 144 valence electrons. The highest BCUT2D eigenvalue weighted by Crippen LogP contribution is 2.22. The van der Waals surface area contributed by atoms with Crippen molar-refractivity contribution < 1.29 is 17.9 Å². The number of likely N-dealkylation sites (N-methyl/N-ethyl adjacent to an activating group) is 1. The number of carbonyl (C=O) groups is 1. The molecule has 1 aromatic heterocycles. The quantitative estimate of drug-likeness (QED) is 0.775. The van der Waals surface area contributed by atoms with Gasteiger partial charge in [-0.25, -0.2) is 18.2 Å². The van der Waals surface area contributed by atoms with Crippen LogP contribution in [0.1, 0.15) is 10.4 Å². The molecule has 1 saturated heterocycles. The Hall–Kier alpha value is -2.49. The Morgan fingerprint density at radius 3 is 2.44 bits per heavy atom. The summed E-state index contributed by atoms with van der Waals surface area (Å²) in [5.74, 6) is -0.0314. The second kappa shape index (κ2) is 8.03. The van der Waals surface area contributed by atoms with Gasteiger partial charge in [0, 0.05) is 32.4 Å². The standard InChI is InChI=1S/C18H22N4O4S/c1-21-9-11-22(12-10-21)27(24,25)14-7-8-17(19-13-14)20-16-6-4-3-5-15(16)18(23)26-2/h3-8,13H,9-12H2,1-2H3,(H,19,20). The second-order valence-corrected chi connectivity index (χ2v) is 8.19. The molecule has 1 aliphatic heterocycles. The summed E-state index contributed by atoms with van der Waals surface area (Å²) in [7, 11) is -0.273. The molecule has 9 heteroatoms. The van der Waals surface area contributed by atoms with Crippen LogP contribution in [0.2, 0.25) is 0 Å². The zero-order valence-corrected chi connectivity index (χ0v) is 16.1. The van der Waals surface area contributed by atoms with Crippen molar-refractivity contribution in [3.63, 3.8) is 0 Å². The van der Waals surface area contributed by atoms with Crippen LogP contribution in [0.4, 0.5) is 11.5 Å². The first-order valence-electron chi connectivity index (χ1n) is 8.51. The van der Waals surface area contributed by atoms with Gasteiger partial charge in [-0.15, -0.1) is 0 Å². The molecule has 0 spiro atoms. The number of esters is 1. The molecule has 0 saturated carbocycles. The maximum atomic E-state index is 12.7. The zero-order valence-electron chi connectivity index (χ0n) is 15.3. The molecule has 1 fully saturated rings. The lowest BCUT2D eigenvalue weighted by molar-refractivity contribution is 0.0602. The van der Waals surface area contributed by atoms with Gasteiger partial charge in [-0.1, -0.05) is 12.1 Å². The summed E-state index contributed by atoms with van der Waals surface area (Å²) in [6.07, 6.45) is 1.33. The van der Waals surface area contributed by atoms with E-state index in [0.717, 1.165) is 0 Å². The third kappa shape index (κ3) is 4.26. The molecule has 0 bridgehead atoms. The molecular formula is C18H22N4O4S. The number of pyridine rings is 1. The lowest BCUT2D eigenvalue weighted by atomic mass is 10.2.